The topological polar surface area (TPSA) is 70.0 Å². The molecule has 0 atom stereocenters. The first kappa shape index (κ1) is 14.9. The quantitative estimate of drug-likeness (QED) is 0.886. The van der Waals surface area contributed by atoms with Gasteiger partial charge in [0.1, 0.15) is 4.90 Å². The van der Waals surface area contributed by atoms with Gasteiger partial charge in [0.25, 0.3) is 10.0 Å². The van der Waals surface area contributed by atoms with Crippen LogP contribution in [-0.2, 0) is 10.0 Å². The number of rotatable bonds is 3. The van der Waals surface area contributed by atoms with E-state index in [1.54, 1.807) is 6.07 Å². The van der Waals surface area contributed by atoms with Crippen molar-refractivity contribution >= 4 is 15.7 Å². The summed E-state index contributed by atoms with van der Waals surface area (Å²) in [7, 11) is -4.45. The van der Waals surface area contributed by atoms with Gasteiger partial charge in [-0.05, 0) is 30.3 Å². The first-order chi connectivity index (χ1) is 9.85. The van der Waals surface area contributed by atoms with Gasteiger partial charge in [-0.1, -0.05) is 6.07 Å². The molecular formula is C13H7F3N2O2S. The number of nitrogens with one attached hydrogen (secondary N) is 1. The number of anilines is 1. The summed E-state index contributed by atoms with van der Waals surface area (Å²) in [5.74, 6) is -5.17. The number of nitrogens with zero attached hydrogens (tertiary/aromatic N) is 1. The predicted molar refractivity (Wildman–Crippen MR) is 68.3 cm³/mol. The molecule has 108 valence electrons. The Balaban J connectivity index is 2.44. The van der Waals surface area contributed by atoms with Crippen molar-refractivity contribution < 1.29 is 21.6 Å². The molecule has 0 aliphatic carbocycles. The monoisotopic (exact) mass is 312 g/mol. The van der Waals surface area contributed by atoms with Crippen LogP contribution in [0.15, 0.2) is 41.3 Å². The van der Waals surface area contributed by atoms with Gasteiger partial charge in [0.05, 0.1) is 17.3 Å². The van der Waals surface area contributed by atoms with Gasteiger partial charge in [-0.25, -0.2) is 21.6 Å². The minimum absolute atomic E-state index is 0.00168. The summed E-state index contributed by atoms with van der Waals surface area (Å²) >= 11 is 0. The van der Waals surface area contributed by atoms with Gasteiger partial charge in [0.2, 0.25) is 0 Å². The van der Waals surface area contributed by atoms with Crippen molar-refractivity contribution in [2.24, 2.45) is 0 Å². The van der Waals surface area contributed by atoms with Crippen LogP contribution < -0.4 is 4.72 Å². The van der Waals surface area contributed by atoms with E-state index < -0.39 is 32.4 Å². The third-order valence-electron chi connectivity index (χ3n) is 2.53. The second kappa shape index (κ2) is 5.46. The molecule has 2 aromatic carbocycles. The van der Waals surface area contributed by atoms with Crippen LogP contribution in [0.1, 0.15) is 5.56 Å². The zero-order valence-corrected chi connectivity index (χ0v) is 11.1. The first-order valence-corrected chi connectivity index (χ1v) is 7.00. The smallest absolute Gasteiger partial charge is 0.264 e. The second-order valence-corrected chi connectivity index (χ2v) is 5.62. The molecule has 0 aromatic heterocycles. The molecule has 0 heterocycles. The number of halogens is 3. The molecule has 8 heteroatoms. The molecule has 2 aromatic rings. The predicted octanol–water partition coefficient (Wildman–Crippen LogP) is 2.78. The molecular weight excluding hydrogens is 305 g/mol. The molecule has 2 rings (SSSR count). The van der Waals surface area contributed by atoms with Crippen molar-refractivity contribution in [1.29, 1.82) is 5.26 Å². The molecule has 0 aliphatic rings. The Hall–Kier alpha value is -2.53. The summed E-state index contributed by atoms with van der Waals surface area (Å²) in [5.41, 5.74) is 0.180. The lowest BCUT2D eigenvalue weighted by molar-refractivity contribution is 0.432. The van der Waals surface area contributed by atoms with Crippen molar-refractivity contribution in [3.63, 3.8) is 0 Å². The van der Waals surface area contributed by atoms with Crippen LogP contribution in [-0.4, -0.2) is 8.42 Å². The maximum atomic E-state index is 13.5. The average molecular weight is 312 g/mol. The van der Waals surface area contributed by atoms with E-state index in [0.717, 1.165) is 0 Å². The molecule has 0 aliphatic heterocycles. The second-order valence-electron chi connectivity index (χ2n) is 3.97. The van der Waals surface area contributed by atoms with Gasteiger partial charge >= 0.3 is 0 Å². The van der Waals surface area contributed by atoms with E-state index in [9.17, 15) is 21.6 Å². The van der Waals surface area contributed by atoms with Gasteiger partial charge in [-0.15, -0.1) is 0 Å². The van der Waals surface area contributed by atoms with Crippen LogP contribution in [0, 0.1) is 28.8 Å². The summed E-state index contributed by atoms with van der Waals surface area (Å²) in [6, 6.07) is 8.33. The fourth-order valence-corrected chi connectivity index (χ4v) is 2.70. The highest BCUT2D eigenvalue weighted by atomic mass is 32.2. The standard InChI is InChI=1S/C13H7F3N2O2S/c14-10-4-5-11(13(16)12(10)15)21(19,20)18-9-3-1-2-8(6-9)7-17/h1-6,18H. The first-order valence-electron chi connectivity index (χ1n) is 5.51. The minimum atomic E-state index is -4.45. The summed E-state index contributed by atoms with van der Waals surface area (Å²) in [4.78, 5) is -1.02. The van der Waals surface area contributed by atoms with E-state index in [4.69, 9.17) is 5.26 Å². The average Bonchev–Trinajstić information content (AvgIpc) is 2.44. The molecule has 0 bridgehead atoms. The summed E-state index contributed by atoms with van der Waals surface area (Å²) in [5, 5.41) is 8.71. The normalized spacial score (nSPS) is 11.0. The third-order valence-corrected chi connectivity index (χ3v) is 3.93. The molecule has 0 unspecified atom stereocenters. The highest BCUT2D eigenvalue weighted by molar-refractivity contribution is 7.92. The molecule has 0 amide bonds. The lowest BCUT2D eigenvalue weighted by atomic mass is 10.2. The van der Waals surface area contributed by atoms with Gasteiger partial charge in [0, 0.05) is 0 Å². The number of sulfonamides is 1. The Kier molecular flexibility index (Phi) is 3.86. The van der Waals surface area contributed by atoms with E-state index in [1.165, 1.54) is 24.3 Å². The maximum absolute atomic E-state index is 13.5. The van der Waals surface area contributed by atoms with Crippen molar-refractivity contribution in [1.82, 2.24) is 0 Å². The highest BCUT2D eigenvalue weighted by Gasteiger charge is 2.24. The van der Waals surface area contributed by atoms with Crippen LogP contribution in [0.25, 0.3) is 0 Å². The Bertz CT molecular complexity index is 845. The molecule has 0 saturated heterocycles. The number of hydrogen-bond acceptors (Lipinski definition) is 3. The lowest BCUT2D eigenvalue weighted by Crippen LogP contribution is -2.15. The molecule has 0 saturated carbocycles. The molecule has 0 radical (unpaired) electrons. The highest BCUT2D eigenvalue weighted by Crippen LogP contribution is 2.22. The number of benzene rings is 2. The fraction of sp³-hybridized carbons (Fsp3) is 0. The zero-order valence-electron chi connectivity index (χ0n) is 10.3. The van der Waals surface area contributed by atoms with Crippen molar-refractivity contribution in [3.8, 4) is 6.07 Å². The fourth-order valence-electron chi connectivity index (χ4n) is 1.58. The van der Waals surface area contributed by atoms with Gasteiger partial charge in [0.15, 0.2) is 17.5 Å². The maximum Gasteiger partial charge on any atom is 0.264 e. The third kappa shape index (κ3) is 2.98. The molecule has 0 fully saturated rings. The Morgan fingerprint density at radius 2 is 1.76 bits per heavy atom. The van der Waals surface area contributed by atoms with E-state index >= 15 is 0 Å². The van der Waals surface area contributed by atoms with Gasteiger partial charge in [-0.3, -0.25) is 4.72 Å². The SMILES string of the molecule is N#Cc1cccc(NS(=O)(=O)c2ccc(F)c(F)c2F)c1. The Labute approximate surface area is 118 Å². The summed E-state index contributed by atoms with van der Waals surface area (Å²) < 4.78 is 65.3. The Morgan fingerprint density at radius 1 is 1.05 bits per heavy atom. The van der Waals surface area contributed by atoms with Crippen LogP contribution in [0.3, 0.4) is 0 Å². The van der Waals surface area contributed by atoms with Gasteiger partial charge < -0.3 is 0 Å². The number of nitriles is 1. The molecule has 4 nitrogen and oxygen atoms in total. The van der Waals surface area contributed by atoms with Crippen LogP contribution in [0.2, 0.25) is 0 Å². The van der Waals surface area contributed by atoms with Crippen LogP contribution in [0.5, 0.6) is 0 Å². The van der Waals surface area contributed by atoms with Gasteiger partial charge in [-0.2, -0.15) is 5.26 Å². The lowest BCUT2D eigenvalue weighted by Gasteiger charge is -2.09. The molecule has 0 spiro atoms. The van der Waals surface area contributed by atoms with E-state index in [0.29, 0.717) is 12.1 Å². The van der Waals surface area contributed by atoms with Crippen molar-refractivity contribution in [2.45, 2.75) is 4.90 Å². The molecule has 21 heavy (non-hydrogen) atoms. The van der Waals surface area contributed by atoms with Crippen molar-refractivity contribution in [3.05, 3.63) is 59.4 Å². The minimum Gasteiger partial charge on any atom is -0.279 e. The molecule has 1 N–H and O–H groups in total. The van der Waals surface area contributed by atoms with E-state index in [-0.39, 0.29) is 11.3 Å². The van der Waals surface area contributed by atoms with E-state index in [1.807, 2.05) is 4.72 Å². The largest absolute Gasteiger partial charge is 0.279 e. The van der Waals surface area contributed by atoms with E-state index in [2.05, 4.69) is 0 Å². The Morgan fingerprint density at radius 3 is 2.43 bits per heavy atom. The summed E-state index contributed by atoms with van der Waals surface area (Å²) in [6.45, 7) is 0. The van der Waals surface area contributed by atoms with Crippen LogP contribution >= 0.6 is 0 Å². The zero-order chi connectivity index (χ0) is 15.6. The summed E-state index contributed by atoms with van der Waals surface area (Å²) in [6.07, 6.45) is 0. The van der Waals surface area contributed by atoms with Crippen molar-refractivity contribution in [2.75, 3.05) is 4.72 Å². The number of hydrogen-bond donors (Lipinski definition) is 1. The van der Waals surface area contributed by atoms with Crippen LogP contribution in [0.4, 0.5) is 18.9 Å².